The predicted molar refractivity (Wildman–Crippen MR) is 117 cm³/mol. The molecule has 0 radical (unpaired) electrons. The maximum Gasteiger partial charge on any atom is 0.248 e. The lowest BCUT2D eigenvalue weighted by Crippen LogP contribution is -2.15. The number of hydrogen-bond acceptors (Lipinski definition) is 5. The molecule has 0 fully saturated rings. The zero-order valence-corrected chi connectivity index (χ0v) is 16.4. The summed E-state index contributed by atoms with van der Waals surface area (Å²) in [6, 6.07) is 18.7. The Balaban J connectivity index is 1.75. The second kappa shape index (κ2) is 8.91. The number of carbonyl (C=O) groups excluding carboxylic acids is 2. The number of primary amides is 1. The number of amides is 2. The Bertz CT molecular complexity index is 1110. The molecular formula is C23H22N4O3. The quantitative estimate of drug-likeness (QED) is 0.357. The number of anilines is 2. The number of nitrogen functional groups attached to an aromatic ring is 1. The first-order valence-electron chi connectivity index (χ1n) is 9.19. The van der Waals surface area contributed by atoms with Gasteiger partial charge in [-0.1, -0.05) is 24.3 Å². The van der Waals surface area contributed by atoms with Gasteiger partial charge in [0.05, 0.1) is 19.2 Å². The van der Waals surface area contributed by atoms with Gasteiger partial charge in [0.15, 0.2) is 0 Å². The van der Waals surface area contributed by atoms with Gasteiger partial charge in [-0.15, -0.1) is 0 Å². The molecular weight excluding hydrogens is 380 g/mol. The van der Waals surface area contributed by atoms with Crippen molar-refractivity contribution in [1.29, 1.82) is 5.41 Å². The van der Waals surface area contributed by atoms with Crippen LogP contribution in [0.1, 0.15) is 27.0 Å². The number of methoxy groups -OCH3 is 1. The number of nitrogens with two attached hydrogens (primary N) is 2. The van der Waals surface area contributed by atoms with Crippen LogP contribution in [0.2, 0.25) is 0 Å². The van der Waals surface area contributed by atoms with Gasteiger partial charge >= 0.3 is 0 Å². The SMILES string of the molecule is COc1ccc(CC(=O)Nc2cccc(C(=N)c3cc(C(N)=O)ccc3N)c2)cc1. The van der Waals surface area contributed by atoms with Crippen LogP contribution >= 0.6 is 0 Å². The highest BCUT2D eigenvalue weighted by Crippen LogP contribution is 2.21. The van der Waals surface area contributed by atoms with Crippen molar-refractivity contribution in [3.05, 3.63) is 89.0 Å². The largest absolute Gasteiger partial charge is 0.497 e. The predicted octanol–water partition coefficient (Wildman–Crippen LogP) is 2.97. The van der Waals surface area contributed by atoms with E-state index >= 15 is 0 Å². The van der Waals surface area contributed by atoms with E-state index in [0.717, 1.165) is 11.3 Å². The second-order valence-electron chi connectivity index (χ2n) is 6.70. The molecule has 0 aliphatic carbocycles. The number of ether oxygens (including phenoxy) is 1. The molecule has 0 aliphatic heterocycles. The first-order chi connectivity index (χ1) is 14.4. The molecule has 0 saturated carbocycles. The molecule has 0 aliphatic rings. The highest BCUT2D eigenvalue weighted by atomic mass is 16.5. The van der Waals surface area contributed by atoms with Crippen LogP contribution in [0.3, 0.4) is 0 Å². The Morgan fingerprint density at radius 3 is 2.40 bits per heavy atom. The van der Waals surface area contributed by atoms with Crippen LogP contribution in [0.4, 0.5) is 11.4 Å². The lowest BCUT2D eigenvalue weighted by molar-refractivity contribution is -0.115. The number of benzene rings is 3. The maximum absolute atomic E-state index is 12.4. The fourth-order valence-corrected chi connectivity index (χ4v) is 2.97. The van der Waals surface area contributed by atoms with E-state index in [9.17, 15) is 9.59 Å². The maximum atomic E-state index is 12.4. The Morgan fingerprint density at radius 2 is 1.73 bits per heavy atom. The van der Waals surface area contributed by atoms with Gasteiger partial charge in [0, 0.05) is 28.1 Å². The summed E-state index contributed by atoms with van der Waals surface area (Å²) in [7, 11) is 1.59. The standard InChI is InChI=1S/C23H22N4O3/c1-30-18-8-5-14(6-9-18)11-21(28)27-17-4-2-3-15(12-17)22(25)19-13-16(23(26)29)7-10-20(19)24/h2-10,12-13,25H,11,24H2,1H3,(H2,26,29)(H,27,28). The minimum atomic E-state index is -0.594. The van der Waals surface area contributed by atoms with E-state index in [2.05, 4.69) is 5.32 Å². The lowest BCUT2D eigenvalue weighted by atomic mass is 9.98. The molecule has 152 valence electrons. The molecule has 3 aromatic rings. The third-order valence-corrected chi connectivity index (χ3v) is 4.57. The highest BCUT2D eigenvalue weighted by Gasteiger charge is 2.13. The molecule has 0 atom stereocenters. The smallest absolute Gasteiger partial charge is 0.248 e. The van der Waals surface area contributed by atoms with Gasteiger partial charge in [0.25, 0.3) is 0 Å². The molecule has 30 heavy (non-hydrogen) atoms. The number of nitrogens with one attached hydrogen (secondary N) is 2. The van der Waals surface area contributed by atoms with Crippen LogP contribution in [0.25, 0.3) is 0 Å². The van der Waals surface area contributed by atoms with Gasteiger partial charge < -0.3 is 21.5 Å². The molecule has 2 amide bonds. The van der Waals surface area contributed by atoms with Gasteiger partial charge in [0.1, 0.15) is 5.75 Å². The van der Waals surface area contributed by atoms with E-state index in [4.69, 9.17) is 21.6 Å². The van der Waals surface area contributed by atoms with E-state index in [1.54, 1.807) is 49.6 Å². The van der Waals surface area contributed by atoms with Gasteiger partial charge in [-0.2, -0.15) is 0 Å². The van der Waals surface area contributed by atoms with E-state index in [1.807, 2.05) is 12.1 Å². The zero-order valence-electron chi connectivity index (χ0n) is 16.4. The first-order valence-corrected chi connectivity index (χ1v) is 9.19. The van der Waals surface area contributed by atoms with Crippen LogP contribution in [-0.4, -0.2) is 24.6 Å². The molecule has 0 aromatic heterocycles. The molecule has 0 spiro atoms. The van der Waals surface area contributed by atoms with Crippen LogP contribution in [0.15, 0.2) is 66.7 Å². The van der Waals surface area contributed by atoms with Gasteiger partial charge in [0.2, 0.25) is 11.8 Å². The van der Waals surface area contributed by atoms with Gasteiger partial charge in [-0.05, 0) is 48.0 Å². The summed E-state index contributed by atoms with van der Waals surface area (Å²) in [5.41, 5.74) is 14.4. The Morgan fingerprint density at radius 1 is 1.00 bits per heavy atom. The Hall–Kier alpha value is -4.13. The molecule has 6 N–H and O–H groups in total. The summed E-state index contributed by atoms with van der Waals surface area (Å²) in [4.78, 5) is 23.8. The van der Waals surface area contributed by atoms with Crippen molar-refractivity contribution in [1.82, 2.24) is 0 Å². The van der Waals surface area contributed by atoms with Crippen LogP contribution in [-0.2, 0) is 11.2 Å². The molecule has 0 saturated heterocycles. The van der Waals surface area contributed by atoms with E-state index in [-0.39, 0.29) is 23.6 Å². The summed E-state index contributed by atoms with van der Waals surface area (Å²) in [5, 5.41) is 11.3. The third kappa shape index (κ3) is 4.82. The monoisotopic (exact) mass is 402 g/mol. The zero-order chi connectivity index (χ0) is 21.7. The summed E-state index contributed by atoms with van der Waals surface area (Å²) in [5.74, 6) is -0.0484. The van der Waals surface area contributed by atoms with Crippen molar-refractivity contribution in [3.63, 3.8) is 0 Å². The van der Waals surface area contributed by atoms with Crippen molar-refractivity contribution >= 4 is 28.9 Å². The summed E-state index contributed by atoms with van der Waals surface area (Å²) < 4.78 is 5.12. The van der Waals surface area contributed by atoms with Crippen molar-refractivity contribution in [2.45, 2.75) is 6.42 Å². The average molecular weight is 402 g/mol. The van der Waals surface area contributed by atoms with Crippen molar-refractivity contribution in [3.8, 4) is 5.75 Å². The van der Waals surface area contributed by atoms with Crippen LogP contribution < -0.4 is 21.5 Å². The van der Waals surface area contributed by atoms with E-state index in [1.165, 1.54) is 12.1 Å². The Kier molecular flexibility index (Phi) is 6.12. The van der Waals surface area contributed by atoms with Crippen molar-refractivity contribution in [2.75, 3.05) is 18.2 Å². The molecule has 0 bridgehead atoms. The van der Waals surface area contributed by atoms with E-state index < -0.39 is 5.91 Å². The average Bonchev–Trinajstić information content (AvgIpc) is 2.74. The Labute approximate surface area is 174 Å². The van der Waals surface area contributed by atoms with Crippen LogP contribution in [0.5, 0.6) is 5.75 Å². The molecule has 0 heterocycles. The minimum Gasteiger partial charge on any atom is -0.497 e. The summed E-state index contributed by atoms with van der Waals surface area (Å²) >= 11 is 0. The highest BCUT2D eigenvalue weighted by molar-refractivity contribution is 6.15. The number of rotatable bonds is 7. The second-order valence-corrected chi connectivity index (χ2v) is 6.70. The first kappa shape index (κ1) is 20.6. The molecule has 7 heteroatoms. The number of hydrogen-bond donors (Lipinski definition) is 4. The normalized spacial score (nSPS) is 10.3. The fourth-order valence-electron chi connectivity index (χ4n) is 2.97. The number of carbonyl (C=O) groups is 2. The summed E-state index contributed by atoms with van der Waals surface area (Å²) in [6.07, 6.45) is 0.208. The van der Waals surface area contributed by atoms with E-state index in [0.29, 0.717) is 22.5 Å². The fraction of sp³-hybridized carbons (Fsp3) is 0.0870. The summed E-state index contributed by atoms with van der Waals surface area (Å²) in [6.45, 7) is 0. The van der Waals surface area contributed by atoms with Crippen LogP contribution in [0, 0.1) is 5.41 Å². The minimum absolute atomic E-state index is 0.127. The lowest BCUT2D eigenvalue weighted by Gasteiger charge is -2.11. The van der Waals surface area contributed by atoms with Gasteiger partial charge in [-0.25, -0.2) is 0 Å². The van der Waals surface area contributed by atoms with Gasteiger partial charge in [-0.3, -0.25) is 15.0 Å². The molecule has 3 aromatic carbocycles. The third-order valence-electron chi connectivity index (χ3n) is 4.57. The molecule has 3 rings (SSSR count). The molecule has 0 unspecified atom stereocenters. The van der Waals surface area contributed by atoms with Crippen molar-refractivity contribution < 1.29 is 14.3 Å². The molecule has 7 nitrogen and oxygen atoms in total. The van der Waals surface area contributed by atoms with Crippen molar-refractivity contribution in [2.24, 2.45) is 5.73 Å². The topological polar surface area (TPSA) is 131 Å².